The Morgan fingerprint density at radius 2 is 2.08 bits per heavy atom. The molecule has 2 aromatic carbocycles. The van der Waals surface area contributed by atoms with Crippen molar-refractivity contribution < 1.29 is 14.8 Å². The van der Waals surface area contributed by atoms with Crippen LogP contribution in [0.25, 0.3) is 0 Å². The third kappa shape index (κ3) is 2.93. The number of nitro groups is 1. The Morgan fingerprint density at radius 1 is 1.33 bits per heavy atom. The number of anilines is 1. The van der Waals surface area contributed by atoms with Gasteiger partial charge in [0.2, 0.25) is 5.91 Å². The fourth-order valence-corrected chi connectivity index (χ4v) is 3.07. The second-order valence-corrected chi connectivity index (χ2v) is 5.77. The molecule has 7 heteroatoms. The minimum absolute atomic E-state index is 0.0835. The molecular weight excluding hydrogens is 310 g/mol. The van der Waals surface area contributed by atoms with Crippen molar-refractivity contribution in [1.29, 1.82) is 0 Å². The fourth-order valence-electron chi connectivity index (χ4n) is 3.07. The van der Waals surface area contributed by atoms with Crippen LogP contribution in [0.3, 0.4) is 0 Å². The van der Waals surface area contributed by atoms with E-state index in [-0.39, 0.29) is 12.2 Å². The lowest BCUT2D eigenvalue weighted by molar-refractivity contribution is -0.385. The van der Waals surface area contributed by atoms with Crippen LogP contribution >= 0.6 is 0 Å². The Morgan fingerprint density at radius 3 is 2.79 bits per heavy atom. The number of benzene rings is 2. The van der Waals surface area contributed by atoms with Gasteiger partial charge in [0.05, 0.1) is 11.0 Å². The Kier molecular flexibility index (Phi) is 4.18. The maximum absolute atomic E-state index is 11.8. The fraction of sp³-hybridized carbons (Fsp3) is 0.235. The summed E-state index contributed by atoms with van der Waals surface area (Å²) < 4.78 is 0. The molecule has 24 heavy (non-hydrogen) atoms. The van der Waals surface area contributed by atoms with Gasteiger partial charge < -0.3 is 15.7 Å². The van der Waals surface area contributed by atoms with Crippen molar-refractivity contribution in [3.8, 4) is 0 Å². The highest BCUT2D eigenvalue weighted by atomic mass is 16.6. The minimum Gasteiger partial charge on any atom is -0.387 e. The first-order valence-corrected chi connectivity index (χ1v) is 7.53. The lowest BCUT2D eigenvalue weighted by atomic mass is 10.1. The second kappa shape index (κ2) is 6.29. The predicted octanol–water partition coefficient (Wildman–Crippen LogP) is 1.54. The molecule has 3 rings (SSSR count). The molecule has 7 nitrogen and oxygen atoms in total. The van der Waals surface area contributed by atoms with Crippen LogP contribution < -0.4 is 10.6 Å². The number of aliphatic hydroxyl groups excluding tert-OH is 1. The van der Waals surface area contributed by atoms with Gasteiger partial charge in [-0.2, -0.15) is 0 Å². The van der Waals surface area contributed by atoms with Gasteiger partial charge in [0.1, 0.15) is 6.04 Å². The standard InChI is InChI=1S/C17H17N3O4/c18-17(22)15-9-11-4-1-2-7-14(11)19(15)10-16(21)12-5-3-6-13(8-12)20(23)24/h1-8,15-16,21H,9-10H2,(H2,18,22)/t15-,16?/m0/s1. The van der Waals surface area contributed by atoms with E-state index in [1.165, 1.54) is 18.2 Å². The van der Waals surface area contributed by atoms with Gasteiger partial charge in [0, 0.05) is 30.8 Å². The van der Waals surface area contributed by atoms with Gasteiger partial charge in [-0.1, -0.05) is 30.3 Å². The van der Waals surface area contributed by atoms with Crippen LogP contribution in [-0.4, -0.2) is 28.5 Å². The number of nitro benzene ring substituents is 1. The zero-order valence-corrected chi connectivity index (χ0v) is 12.8. The van der Waals surface area contributed by atoms with Crippen LogP contribution in [0.5, 0.6) is 0 Å². The van der Waals surface area contributed by atoms with E-state index in [0.717, 1.165) is 11.3 Å². The molecule has 0 radical (unpaired) electrons. The normalized spacial score (nSPS) is 17.4. The lowest BCUT2D eigenvalue weighted by Crippen LogP contribution is -2.44. The maximum Gasteiger partial charge on any atom is 0.269 e. The summed E-state index contributed by atoms with van der Waals surface area (Å²) in [5.74, 6) is -0.461. The highest BCUT2D eigenvalue weighted by Gasteiger charge is 2.34. The summed E-state index contributed by atoms with van der Waals surface area (Å²) in [4.78, 5) is 23.9. The van der Waals surface area contributed by atoms with Crippen molar-refractivity contribution in [2.24, 2.45) is 5.73 Å². The van der Waals surface area contributed by atoms with E-state index in [1.807, 2.05) is 24.3 Å². The number of carbonyl (C=O) groups is 1. The SMILES string of the molecule is NC(=O)[C@@H]1Cc2ccccc2N1CC(O)c1cccc([N+](=O)[O-])c1. The number of hydrogen-bond acceptors (Lipinski definition) is 5. The zero-order valence-electron chi connectivity index (χ0n) is 12.8. The van der Waals surface area contributed by atoms with Crippen LogP contribution in [0.4, 0.5) is 11.4 Å². The number of non-ortho nitro benzene ring substituents is 1. The largest absolute Gasteiger partial charge is 0.387 e. The van der Waals surface area contributed by atoms with Crippen LogP contribution in [0.2, 0.25) is 0 Å². The summed E-state index contributed by atoms with van der Waals surface area (Å²) in [6.07, 6.45) is -0.481. The molecule has 1 unspecified atom stereocenters. The van der Waals surface area contributed by atoms with Crippen molar-refractivity contribution >= 4 is 17.3 Å². The van der Waals surface area contributed by atoms with Gasteiger partial charge in [0.25, 0.3) is 5.69 Å². The molecule has 2 aromatic rings. The zero-order chi connectivity index (χ0) is 17.3. The molecule has 0 aromatic heterocycles. The Labute approximate surface area is 138 Å². The molecule has 2 atom stereocenters. The lowest BCUT2D eigenvalue weighted by Gasteiger charge is -2.28. The number of para-hydroxylation sites is 1. The molecule has 0 aliphatic carbocycles. The highest BCUT2D eigenvalue weighted by molar-refractivity contribution is 5.86. The molecular formula is C17H17N3O4. The van der Waals surface area contributed by atoms with Crippen LogP contribution in [0, 0.1) is 10.1 Å². The van der Waals surface area contributed by atoms with Crippen molar-refractivity contribution in [3.05, 3.63) is 69.8 Å². The van der Waals surface area contributed by atoms with Crippen LogP contribution in [0.15, 0.2) is 48.5 Å². The van der Waals surface area contributed by atoms with Gasteiger partial charge in [0.15, 0.2) is 0 Å². The first-order chi connectivity index (χ1) is 11.5. The molecule has 3 N–H and O–H groups in total. The molecule has 1 aliphatic heterocycles. The van der Waals surface area contributed by atoms with Gasteiger partial charge in [-0.25, -0.2) is 0 Å². The topological polar surface area (TPSA) is 110 Å². The molecule has 0 saturated heterocycles. The average Bonchev–Trinajstić information content (AvgIpc) is 2.94. The number of β-amino-alcohol motifs (C(OH)–C–C–N with tert-alkyl or cyclic N) is 1. The maximum atomic E-state index is 11.8. The number of fused-ring (bicyclic) bond motifs is 1. The first kappa shape index (κ1) is 15.9. The quantitative estimate of drug-likeness (QED) is 0.639. The molecule has 124 valence electrons. The van der Waals surface area contributed by atoms with Crippen molar-refractivity contribution in [2.45, 2.75) is 18.6 Å². The van der Waals surface area contributed by atoms with E-state index in [2.05, 4.69) is 0 Å². The number of primary amides is 1. The number of nitrogens with zero attached hydrogens (tertiary/aromatic N) is 2. The Hall–Kier alpha value is -2.93. The third-order valence-corrected chi connectivity index (χ3v) is 4.25. The molecule has 1 heterocycles. The number of carbonyl (C=O) groups excluding carboxylic acids is 1. The molecule has 1 aliphatic rings. The van der Waals surface area contributed by atoms with E-state index in [0.29, 0.717) is 12.0 Å². The summed E-state index contributed by atoms with van der Waals surface area (Å²) >= 11 is 0. The second-order valence-electron chi connectivity index (χ2n) is 5.77. The molecule has 0 spiro atoms. The van der Waals surface area contributed by atoms with Gasteiger partial charge in [-0.3, -0.25) is 14.9 Å². The van der Waals surface area contributed by atoms with Gasteiger partial charge in [-0.15, -0.1) is 0 Å². The number of amides is 1. The van der Waals surface area contributed by atoms with Crippen molar-refractivity contribution in [1.82, 2.24) is 0 Å². The third-order valence-electron chi connectivity index (χ3n) is 4.25. The van der Waals surface area contributed by atoms with E-state index >= 15 is 0 Å². The number of aliphatic hydroxyl groups is 1. The van der Waals surface area contributed by atoms with Crippen molar-refractivity contribution in [3.63, 3.8) is 0 Å². The summed E-state index contributed by atoms with van der Waals surface area (Å²) in [6.45, 7) is 0.131. The van der Waals surface area contributed by atoms with Crippen LogP contribution in [0.1, 0.15) is 17.2 Å². The Balaban J connectivity index is 1.87. The number of rotatable bonds is 5. The monoisotopic (exact) mass is 327 g/mol. The summed E-state index contributed by atoms with van der Waals surface area (Å²) in [7, 11) is 0. The van der Waals surface area contributed by atoms with Crippen LogP contribution in [-0.2, 0) is 11.2 Å². The van der Waals surface area contributed by atoms with E-state index < -0.39 is 23.0 Å². The Bertz CT molecular complexity index is 793. The van der Waals surface area contributed by atoms with E-state index in [4.69, 9.17) is 5.73 Å². The van der Waals surface area contributed by atoms with Crippen molar-refractivity contribution in [2.75, 3.05) is 11.4 Å². The van der Waals surface area contributed by atoms with Gasteiger partial charge >= 0.3 is 0 Å². The van der Waals surface area contributed by atoms with E-state index in [1.54, 1.807) is 11.0 Å². The molecule has 0 bridgehead atoms. The average molecular weight is 327 g/mol. The number of nitrogens with two attached hydrogens (primary N) is 1. The first-order valence-electron chi connectivity index (χ1n) is 7.53. The molecule has 1 amide bonds. The summed E-state index contributed by atoms with van der Waals surface area (Å²) in [5, 5.41) is 21.4. The number of hydrogen-bond donors (Lipinski definition) is 2. The van der Waals surface area contributed by atoms with E-state index in [9.17, 15) is 20.0 Å². The molecule has 0 fully saturated rings. The summed E-state index contributed by atoms with van der Waals surface area (Å²) in [5.41, 5.74) is 7.68. The highest BCUT2D eigenvalue weighted by Crippen LogP contribution is 2.33. The molecule has 0 saturated carbocycles. The predicted molar refractivity (Wildman–Crippen MR) is 88.5 cm³/mol. The van der Waals surface area contributed by atoms with Gasteiger partial charge in [-0.05, 0) is 17.2 Å². The smallest absolute Gasteiger partial charge is 0.269 e. The summed E-state index contributed by atoms with van der Waals surface area (Å²) in [6, 6.07) is 12.9. The minimum atomic E-state index is -0.974.